The molecule has 5 rings (SSSR count). The highest BCUT2D eigenvalue weighted by Gasteiger charge is 2.29. The zero-order valence-electron chi connectivity index (χ0n) is 15.0. The summed E-state index contributed by atoms with van der Waals surface area (Å²) in [6, 6.07) is 5.94. The van der Waals surface area contributed by atoms with E-state index < -0.39 is 0 Å². The maximum Gasteiger partial charge on any atom is 0.163 e. The van der Waals surface area contributed by atoms with E-state index in [0.717, 1.165) is 40.2 Å². The van der Waals surface area contributed by atoms with Gasteiger partial charge in [-0.1, -0.05) is 0 Å². The molecule has 0 bridgehead atoms. The molecule has 0 radical (unpaired) electrons. The minimum absolute atomic E-state index is 0.499. The van der Waals surface area contributed by atoms with Crippen molar-refractivity contribution in [3.8, 4) is 17.2 Å². The highest BCUT2D eigenvalue weighted by Crippen LogP contribution is 2.39. The van der Waals surface area contributed by atoms with Crippen LogP contribution in [-0.4, -0.2) is 38.2 Å². The Balaban J connectivity index is 1.57. The van der Waals surface area contributed by atoms with Crippen molar-refractivity contribution in [1.82, 2.24) is 25.0 Å². The number of hydrogen-bond donors (Lipinski definition) is 1. The van der Waals surface area contributed by atoms with Gasteiger partial charge in [0.05, 0.1) is 11.4 Å². The molecule has 2 aliphatic rings. The third-order valence-corrected chi connectivity index (χ3v) is 5.02. The second kappa shape index (κ2) is 5.86. The number of fused-ring (bicyclic) bond motifs is 1. The summed E-state index contributed by atoms with van der Waals surface area (Å²) in [6.07, 6.45) is 3.05. The predicted octanol–water partition coefficient (Wildman–Crippen LogP) is 2.85. The number of nitrogens with zero attached hydrogens (tertiary/aromatic N) is 4. The van der Waals surface area contributed by atoms with E-state index in [9.17, 15) is 0 Å². The van der Waals surface area contributed by atoms with Gasteiger partial charge in [0.15, 0.2) is 17.3 Å². The molecular weight excluding hydrogens is 330 g/mol. The molecule has 1 fully saturated rings. The molecule has 1 aliphatic heterocycles. The van der Waals surface area contributed by atoms with Crippen molar-refractivity contribution >= 4 is 0 Å². The molecule has 0 saturated heterocycles. The number of hydrogen-bond acceptors (Lipinski definition) is 5. The van der Waals surface area contributed by atoms with Crippen LogP contribution in [0.4, 0.5) is 0 Å². The van der Waals surface area contributed by atoms with Gasteiger partial charge in [-0.05, 0) is 38.8 Å². The molecule has 1 saturated carbocycles. The minimum Gasteiger partial charge on any atom is -0.486 e. The Morgan fingerprint density at radius 3 is 2.69 bits per heavy atom. The monoisotopic (exact) mass is 351 g/mol. The molecule has 7 heteroatoms. The fraction of sp³-hybridized carbons (Fsp3) is 0.421. The first-order valence-electron chi connectivity index (χ1n) is 9.05. The van der Waals surface area contributed by atoms with E-state index in [4.69, 9.17) is 19.6 Å². The normalized spacial score (nSPS) is 16.1. The van der Waals surface area contributed by atoms with Gasteiger partial charge < -0.3 is 9.47 Å². The smallest absolute Gasteiger partial charge is 0.163 e. The zero-order chi connectivity index (χ0) is 17.7. The van der Waals surface area contributed by atoms with E-state index in [1.807, 2.05) is 36.7 Å². The number of aromatic nitrogens is 5. The minimum atomic E-state index is 0.499. The lowest BCUT2D eigenvalue weighted by Crippen LogP contribution is -2.15. The average Bonchev–Trinajstić information content (AvgIpc) is 3.36. The molecule has 3 aromatic rings. The number of rotatable bonds is 4. The van der Waals surface area contributed by atoms with Crippen molar-refractivity contribution in [2.75, 3.05) is 13.2 Å². The number of aryl methyl sites for hydroxylation is 2. The third kappa shape index (κ3) is 2.64. The molecule has 0 unspecified atom stereocenters. The van der Waals surface area contributed by atoms with E-state index in [0.29, 0.717) is 25.6 Å². The van der Waals surface area contributed by atoms with Crippen LogP contribution in [0.25, 0.3) is 5.69 Å². The first kappa shape index (κ1) is 15.4. The average molecular weight is 351 g/mol. The molecule has 0 amide bonds. The van der Waals surface area contributed by atoms with Crippen LogP contribution in [0.2, 0.25) is 0 Å². The molecule has 26 heavy (non-hydrogen) atoms. The van der Waals surface area contributed by atoms with Crippen molar-refractivity contribution in [3.63, 3.8) is 0 Å². The van der Waals surface area contributed by atoms with Crippen LogP contribution >= 0.6 is 0 Å². The largest absolute Gasteiger partial charge is 0.486 e. The summed E-state index contributed by atoms with van der Waals surface area (Å²) in [6.45, 7) is 5.22. The molecular formula is C19H21N5O2. The molecule has 1 N–H and O–H groups in total. The maximum absolute atomic E-state index is 5.73. The number of benzene rings is 1. The first-order valence-corrected chi connectivity index (χ1v) is 9.05. The Bertz CT molecular complexity index is 951. The van der Waals surface area contributed by atoms with Crippen molar-refractivity contribution in [2.24, 2.45) is 0 Å². The summed E-state index contributed by atoms with van der Waals surface area (Å²) in [7, 11) is 0. The summed E-state index contributed by atoms with van der Waals surface area (Å²) in [5.41, 5.74) is 4.21. The summed E-state index contributed by atoms with van der Waals surface area (Å²) in [4.78, 5) is 4.86. The van der Waals surface area contributed by atoms with Gasteiger partial charge in [0.2, 0.25) is 0 Å². The Hall–Kier alpha value is -2.83. The SMILES string of the molecule is Cc1n[nH]c(C)c1Cc1nc(C2CC2)nn1-c1ccc2c(c1)OCCO2. The fourth-order valence-electron chi connectivity index (χ4n) is 3.35. The van der Waals surface area contributed by atoms with E-state index in [1.165, 1.54) is 18.4 Å². The molecule has 7 nitrogen and oxygen atoms in total. The van der Waals surface area contributed by atoms with E-state index in [2.05, 4.69) is 10.2 Å². The van der Waals surface area contributed by atoms with Gasteiger partial charge in [0, 0.05) is 29.7 Å². The lowest BCUT2D eigenvalue weighted by molar-refractivity contribution is 0.171. The third-order valence-electron chi connectivity index (χ3n) is 5.02. The van der Waals surface area contributed by atoms with E-state index in [-0.39, 0.29) is 0 Å². The summed E-state index contributed by atoms with van der Waals surface area (Å²) < 4.78 is 13.3. The maximum atomic E-state index is 5.73. The zero-order valence-corrected chi connectivity index (χ0v) is 15.0. The Kier molecular flexibility index (Phi) is 3.48. The van der Waals surface area contributed by atoms with Crippen LogP contribution in [-0.2, 0) is 6.42 Å². The molecule has 134 valence electrons. The van der Waals surface area contributed by atoms with Gasteiger partial charge in [-0.25, -0.2) is 9.67 Å². The highest BCUT2D eigenvalue weighted by atomic mass is 16.6. The summed E-state index contributed by atoms with van der Waals surface area (Å²) in [5.74, 6) is 3.91. The second-order valence-electron chi connectivity index (χ2n) is 6.99. The van der Waals surface area contributed by atoms with E-state index in [1.54, 1.807) is 0 Å². The molecule has 1 aliphatic carbocycles. The highest BCUT2D eigenvalue weighted by molar-refractivity contribution is 5.49. The van der Waals surface area contributed by atoms with Gasteiger partial charge >= 0.3 is 0 Å². The lowest BCUT2D eigenvalue weighted by Gasteiger charge is -2.19. The summed E-state index contributed by atoms with van der Waals surface area (Å²) in [5, 5.41) is 12.2. The fourth-order valence-corrected chi connectivity index (χ4v) is 3.35. The molecule has 3 heterocycles. The van der Waals surface area contributed by atoms with Crippen molar-refractivity contribution in [3.05, 3.63) is 46.8 Å². The topological polar surface area (TPSA) is 77.9 Å². The summed E-state index contributed by atoms with van der Waals surface area (Å²) >= 11 is 0. The Morgan fingerprint density at radius 2 is 1.96 bits per heavy atom. The van der Waals surface area contributed by atoms with Crippen LogP contribution in [0.3, 0.4) is 0 Å². The second-order valence-corrected chi connectivity index (χ2v) is 6.99. The van der Waals surface area contributed by atoms with Gasteiger partial charge in [0.1, 0.15) is 19.0 Å². The molecule has 2 aromatic heterocycles. The van der Waals surface area contributed by atoms with Crippen LogP contribution in [0.5, 0.6) is 11.5 Å². The number of aromatic amines is 1. The number of nitrogens with one attached hydrogen (secondary N) is 1. The van der Waals surface area contributed by atoms with Crippen LogP contribution in [0.15, 0.2) is 18.2 Å². The lowest BCUT2D eigenvalue weighted by atomic mass is 10.1. The quantitative estimate of drug-likeness (QED) is 0.782. The predicted molar refractivity (Wildman–Crippen MR) is 95.2 cm³/mol. The first-order chi connectivity index (χ1) is 12.7. The molecule has 1 aromatic carbocycles. The van der Waals surface area contributed by atoms with Gasteiger partial charge in [-0.15, -0.1) is 0 Å². The van der Waals surface area contributed by atoms with Gasteiger partial charge in [0.25, 0.3) is 0 Å². The number of ether oxygens (including phenoxy) is 2. The Morgan fingerprint density at radius 1 is 1.15 bits per heavy atom. The van der Waals surface area contributed by atoms with Crippen molar-refractivity contribution in [1.29, 1.82) is 0 Å². The van der Waals surface area contributed by atoms with E-state index >= 15 is 0 Å². The van der Waals surface area contributed by atoms with Crippen LogP contribution in [0.1, 0.15) is 47.4 Å². The van der Waals surface area contributed by atoms with Crippen LogP contribution in [0, 0.1) is 13.8 Å². The number of H-pyrrole nitrogens is 1. The van der Waals surface area contributed by atoms with Crippen molar-refractivity contribution < 1.29 is 9.47 Å². The standard InChI is InChI=1S/C19H21N5O2/c1-11-15(12(2)22-21-11)10-18-20-19(13-3-4-13)23-24(18)14-5-6-16-17(9-14)26-8-7-25-16/h5-6,9,13H,3-4,7-8,10H2,1-2H3,(H,21,22). The van der Waals surface area contributed by atoms with Gasteiger partial charge in [-0.2, -0.15) is 10.2 Å². The molecule has 0 spiro atoms. The van der Waals surface area contributed by atoms with Crippen molar-refractivity contribution in [2.45, 2.75) is 39.0 Å². The Labute approximate surface area is 151 Å². The van der Waals surface area contributed by atoms with Gasteiger partial charge in [-0.3, -0.25) is 5.10 Å². The van der Waals surface area contributed by atoms with Crippen LogP contribution < -0.4 is 9.47 Å². The molecule has 0 atom stereocenters.